The fourth-order valence-corrected chi connectivity index (χ4v) is 4.34. The van der Waals surface area contributed by atoms with Crippen LogP contribution in [0.3, 0.4) is 0 Å². The monoisotopic (exact) mass is 576 g/mol. The first-order chi connectivity index (χ1) is 17.2. The van der Waals surface area contributed by atoms with Crippen LogP contribution < -0.4 is 14.8 Å². The van der Waals surface area contributed by atoms with E-state index in [0.29, 0.717) is 17.0 Å². The normalized spacial score (nSPS) is 12.3. The van der Waals surface area contributed by atoms with Gasteiger partial charge in [-0.25, -0.2) is 18.4 Å². The number of halogens is 5. The van der Waals surface area contributed by atoms with Crippen molar-refractivity contribution in [2.24, 2.45) is 0 Å². The van der Waals surface area contributed by atoms with Crippen LogP contribution in [0.4, 0.5) is 24.8 Å². The molecule has 1 aromatic heterocycles. The molecule has 37 heavy (non-hydrogen) atoms. The average molecular weight is 577 g/mol. The van der Waals surface area contributed by atoms with Gasteiger partial charge in [0.2, 0.25) is 16.0 Å². The fourth-order valence-electron chi connectivity index (χ4n) is 3.53. The molecule has 200 valence electrons. The average Bonchev–Trinajstić information content (AvgIpc) is 2.80. The van der Waals surface area contributed by atoms with Crippen molar-refractivity contribution in [3.8, 4) is 5.75 Å². The summed E-state index contributed by atoms with van der Waals surface area (Å²) in [6.07, 6.45) is -2.21. The van der Waals surface area contributed by atoms with Gasteiger partial charge >= 0.3 is 6.18 Å². The predicted molar refractivity (Wildman–Crippen MR) is 139 cm³/mol. The molecular formula is C24H25Cl2F3N4O3S. The standard InChI is InChI=1S/C24H25Cl2F3N4O3S/c1-23(2,16-12-19(24(27,28)29)21(20(26)13-16)30-11-9-25)15-4-6-18(7-5-15)36-14-17-8-10-31-22(32-17)33-37(3,34)35/h4-8,10,12-13,30H,9,11,14H2,1-3H3,(H,31,32,33). The van der Waals surface area contributed by atoms with E-state index in [2.05, 4.69) is 20.0 Å². The predicted octanol–water partition coefficient (Wildman–Crippen LogP) is 6.08. The minimum absolute atomic E-state index is 0.0439. The van der Waals surface area contributed by atoms with Crippen molar-refractivity contribution in [1.29, 1.82) is 0 Å². The molecule has 3 aromatic rings. The van der Waals surface area contributed by atoms with Gasteiger partial charge < -0.3 is 10.1 Å². The van der Waals surface area contributed by atoms with Crippen molar-refractivity contribution in [2.75, 3.05) is 28.7 Å². The lowest BCUT2D eigenvalue weighted by Crippen LogP contribution is -2.21. The summed E-state index contributed by atoms with van der Waals surface area (Å²) in [5.74, 6) is 0.553. The zero-order valence-corrected chi connectivity index (χ0v) is 22.5. The topological polar surface area (TPSA) is 93.2 Å². The zero-order valence-electron chi connectivity index (χ0n) is 20.2. The van der Waals surface area contributed by atoms with Crippen LogP contribution in [0.15, 0.2) is 48.7 Å². The first-order valence-electron chi connectivity index (χ1n) is 10.9. The maximum Gasteiger partial charge on any atom is 0.418 e. The molecule has 3 rings (SSSR count). The zero-order chi connectivity index (χ0) is 27.4. The van der Waals surface area contributed by atoms with Gasteiger partial charge in [-0.1, -0.05) is 37.6 Å². The number of hydrogen-bond donors (Lipinski definition) is 2. The Bertz CT molecular complexity index is 1350. The Morgan fingerprint density at radius 1 is 1.05 bits per heavy atom. The quantitative estimate of drug-likeness (QED) is 0.284. The Labute approximate surface area is 223 Å². The van der Waals surface area contributed by atoms with Crippen molar-refractivity contribution < 1.29 is 26.3 Å². The molecule has 0 aliphatic heterocycles. The number of rotatable bonds is 10. The van der Waals surface area contributed by atoms with Crippen molar-refractivity contribution in [1.82, 2.24) is 9.97 Å². The molecule has 0 bridgehead atoms. The second-order valence-corrected chi connectivity index (χ2v) is 11.2. The van der Waals surface area contributed by atoms with Gasteiger partial charge in [0.25, 0.3) is 0 Å². The van der Waals surface area contributed by atoms with Crippen molar-refractivity contribution in [3.05, 3.63) is 76.1 Å². The Balaban J connectivity index is 1.81. The van der Waals surface area contributed by atoms with Crippen LogP contribution in [0.1, 0.15) is 36.2 Å². The van der Waals surface area contributed by atoms with Gasteiger partial charge in [0, 0.05) is 24.0 Å². The lowest BCUT2D eigenvalue weighted by Gasteiger charge is -2.28. The van der Waals surface area contributed by atoms with E-state index in [4.69, 9.17) is 27.9 Å². The van der Waals surface area contributed by atoms with E-state index in [1.807, 2.05) is 0 Å². The van der Waals surface area contributed by atoms with E-state index < -0.39 is 27.2 Å². The SMILES string of the molecule is CC(C)(c1ccc(OCc2ccnc(NS(C)(=O)=O)n2)cc1)c1cc(Cl)c(NCCCl)c(C(F)(F)F)c1. The molecule has 2 N–H and O–H groups in total. The Hall–Kier alpha value is -2.76. The summed E-state index contributed by atoms with van der Waals surface area (Å²) in [5, 5.41) is 2.62. The summed E-state index contributed by atoms with van der Waals surface area (Å²) < 4.78 is 72.1. The molecule has 0 fully saturated rings. The van der Waals surface area contributed by atoms with Crippen LogP contribution >= 0.6 is 23.2 Å². The summed E-state index contributed by atoms with van der Waals surface area (Å²) in [4.78, 5) is 7.94. The summed E-state index contributed by atoms with van der Waals surface area (Å²) in [5.41, 5.74) is -0.288. The van der Waals surface area contributed by atoms with E-state index in [9.17, 15) is 21.6 Å². The van der Waals surface area contributed by atoms with E-state index in [1.165, 1.54) is 12.3 Å². The Morgan fingerprint density at radius 3 is 2.32 bits per heavy atom. The van der Waals surface area contributed by atoms with Crippen molar-refractivity contribution in [2.45, 2.75) is 32.0 Å². The molecule has 7 nitrogen and oxygen atoms in total. The maximum absolute atomic E-state index is 13.8. The highest BCUT2D eigenvalue weighted by Crippen LogP contribution is 2.43. The maximum atomic E-state index is 13.8. The number of sulfonamides is 1. The van der Waals surface area contributed by atoms with E-state index in [1.54, 1.807) is 44.2 Å². The summed E-state index contributed by atoms with van der Waals surface area (Å²) in [6.45, 7) is 3.79. The van der Waals surface area contributed by atoms with Gasteiger partial charge in [-0.3, -0.25) is 4.72 Å². The van der Waals surface area contributed by atoms with Gasteiger partial charge in [-0.05, 0) is 41.5 Å². The van der Waals surface area contributed by atoms with Crippen LogP contribution in [0.2, 0.25) is 5.02 Å². The van der Waals surface area contributed by atoms with Gasteiger partial charge in [-0.2, -0.15) is 13.2 Å². The molecule has 13 heteroatoms. The molecule has 0 amide bonds. The smallest absolute Gasteiger partial charge is 0.418 e. The lowest BCUT2D eigenvalue weighted by molar-refractivity contribution is -0.137. The van der Waals surface area contributed by atoms with E-state index in [0.717, 1.165) is 17.9 Å². The van der Waals surface area contributed by atoms with E-state index in [-0.39, 0.29) is 35.7 Å². The largest absolute Gasteiger partial charge is 0.487 e. The third-order valence-electron chi connectivity index (χ3n) is 5.47. The lowest BCUT2D eigenvalue weighted by atomic mass is 9.77. The molecule has 0 atom stereocenters. The number of aromatic nitrogens is 2. The summed E-state index contributed by atoms with van der Waals surface area (Å²) >= 11 is 11.9. The third-order valence-corrected chi connectivity index (χ3v) is 6.51. The fraction of sp³-hybridized carbons (Fsp3) is 0.333. The van der Waals surface area contributed by atoms with Crippen molar-refractivity contribution >= 4 is 44.9 Å². The highest BCUT2D eigenvalue weighted by molar-refractivity contribution is 7.91. The first-order valence-corrected chi connectivity index (χ1v) is 13.7. The van der Waals surface area contributed by atoms with Gasteiger partial charge in [0.15, 0.2) is 0 Å². The number of alkyl halides is 4. The van der Waals surface area contributed by atoms with Crippen LogP contribution in [0, 0.1) is 0 Å². The molecule has 2 aromatic carbocycles. The summed E-state index contributed by atoms with van der Waals surface area (Å²) in [6, 6.07) is 11.1. The second-order valence-electron chi connectivity index (χ2n) is 8.68. The van der Waals surface area contributed by atoms with E-state index >= 15 is 0 Å². The molecule has 0 spiro atoms. The number of ether oxygens (including phenoxy) is 1. The minimum Gasteiger partial charge on any atom is -0.487 e. The number of hydrogen-bond acceptors (Lipinski definition) is 6. The minimum atomic E-state index is -4.61. The number of nitrogens with zero attached hydrogens (tertiary/aromatic N) is 2. The number of benzene rings is 2. The Morgan fingerprint density at radius 2 is 1.73 bits per heavy atom. The molecular weight excluding hydrogens is 552 g/mol. The van der Waals surface area contributed by atoms with Gasteiger partial charge in [0.05, 0.1) is 28.2 Å². The third kappa shape index (κ3) is 7.62. The Kier molecular flexibility index (Phi) is 8.81. The number of nitrogens with one attached hydrogen (secondary N) is 2. The molecule has 0 aliphatic carbocycles. The van der Waals surface area contributed by atoms with Gasteiger partial charge in [0.1, 0.15) is 12.4 Å². The molecule has 0 aliphatic rings. The second kappa shape index (κ2) is 11.3. The molecule has 0 unspecified atom stereocenters. The number of anilines is 2. The molecule has 0 saturated heterocycles. The van der Waals surface area contributed by atoms with Crippen LogP contribution in [-0.4, -0.2) is 37.1 Å². The molecule has 0 radical (unpaired) electrons. The summed E-state index contributed by atoms with van der Waals surface area (Å²) in [7, 11) is -3.52. The van der Waals surface area contributed by atoms with Crippen LogP contribution in [0.25, 0.3) is 0 Å². The first kappa shape index (κ1) is 28.8. The van der Waals surface area contributed by atoms with Crippen molar-refractivity contribution in [3.63, 3.8) is 0 Å². The molecule has 0 saturated carbocycles. The highest BCUT2D eigenvalue weighted by atomic mass is 35.5. The highest BCUT2D eigenvalue weighted by Gasteiger charge is 2.37. The molecule has 1 heterocycles. The van der Waals surface area contributed by atoms with Crippen LogP contribution in [-0.2, 0) is 28.2 Å². The van der Waals surface area contributed by atoms with Crippen LogP contribution in [0.5, 0.6) is 5.75 Å². The van der Waals surface area contributed by atoms with Gasteiger partial charge in [-0.15, -0.1) is 11.6 Å².